The van der Waals surface area contributed by atoms with Crippen LogP contribution in [0.1, 0.15) is 47.8 Å². The van der Waals surface area contributed by atoms with Crippen molar-refractivity contribution in [3.05, 3.63) is 46.3 Å². The molecule has 1 aromatic carbocycles. The average molecular weight is 408 g/mol. The van der Waals surface area contributed by atoms with Gasteiger partial charge >= 0.3 is 0 Å². The van der Waals surface area contributed by atoms with Gasteiger partial charge in [0.05, 0.1) is 10.6 Å². The van der Waals surface area contributed by atoms with Gasteiger partial charge in [0.1, 0.15) is 5.82 Å². The van der Waals surface area contributed by atoms with Crippen LogP contribution in [0.5, 0.6) is 0 Å². The average Bonchev–Trinajstić information content (AvgIpc) is 3.09. The minimum absolute atomic E-state index is 0.0329. The zero-order chi connectivity index (χ0) is 19.7. The molecule has 2 aliphatic rings. The van der Waals surface area contributed by atoms with Crippen molar-refractivity contribution in [3.63, 3.8) is 0 Å². The number of amides is 1. The standard InChI is InChI=1S/C20H23ClFN3O3/c1-13-23-18(24-28-13)10-14-4-9-27-20(12-14)5-7-25(8-6-20)19(26)15-2-3-17(22)16(21)11-15/h2-3,11,14H,4-10,12H2,1H3. The number of nitrogens with zero attached hydrogens (tertiary/aromatic N) is 3. The molecule has 1 amide bonds. The number of hydrogen-bond acceptors (Lipinski definition) is 5. The minimum atomic E-state index is -0.519. The van der Waals surface area contributed by atoms with Gasteiger partial charge in [0.15, 0.2) is 5.82 Å². The third-order valence-corrected chi connectivity index (χ3v) is 6.05. The molecule has 1 atom stereocenters. The van der Waals surface area contributed by atoms with E-state index in [1.807, 2.05) is 0 Å². The van der Waals surface area contributed by atoms with Crippen LogP contribution in [0.4, 0.5) is 4.39 Å². The summed E-state index contributed by atoms with van der Waals surface area (Å²) in [6.45, 7) is 3.73. The summed E-state index contributed by atoms with van der Waals surface area (Å²) in [5.41, 5.74) is 0.219. The Morgan fingerprint density at radius 3 is 2.86 bits per heavy atom. The summed E-state index contributed by atoms with van der Waals surface area (Å²) in [6, 6.07) is 4.10. The number of aromatic nitrogens is 2. The van der Waals surface area contributed by atoms with Gasteiger partial charge in [-0.2, -0.15) is 4.98 Å². The number of hydrogen-bond donors (Lipinski definition) is 0. The zero-order valence-corrected chi connectivity index (χ0v) is 16.5. The van der Waals surface area contributed by atoms with E-state index >= 15 is 0 Å². The van der Waals surface area contributed by atoms with Crippen LogP contribution >= 0.6 is 11.6 Å². The van der Waals surface area contributed by atoms with Gasteiger partial charge in [0.2, 0.25) is 5.89 Å². The van der Waals surface area contributed by atoms with Gasteiger partial charge in [-0.05, 0) is 49.8 Å². The number of benzene rings is 1. The van der Waals surface area contributed by atoms with Gasteiger partial charge in [0.25, 0.3) is 5.91 Å². The number of carbonyl (C=O) groups excluding carboxylic acids is 1. The second-order valence-electron chi connectivity index (χ2n) is 7.75. The van der Waals surface area contributed by atoms with Gasteiger partial charge in [-0.25, -0.2) is 4.39 Å². The molecule has 2 aliphatic heterocycles. The van der Waals surface area contributed by atoms with Crippen LogP contribution in [0.3, 0.4) is 0 Å². The lowest BCUT2D eigenvalue weighted by molar-refractivity contribution is -0.123. The maximum Gasteiger partial charge on any atom is 0.253 e. The topological polar surface area (TPSA) is 68.5 Å². The molecule has 0 radical (unpaired) electrons. The fraction of sp³-hybridized carbons (Fsp3) is 0.550. The van der Waals surface area contributed by atoms with Gasteiger partial charge in [-0.1, -0.05) is 16.8 Å². The Morgan fingerprint density at radius 1 is 1.39 bits per heavy atom. The molecule has 1 spiro atoms. The summed E-state index contributed by atoms with van der Waals surface area (Å²) in [5.74, 6) is 1.15. The van der Waals surface area contributed by atoms with Crippen LogP contribution in [0.25, 0.3) is 0 Å². The molecule has 0 bridgehead atoms. The molecule has 6 nitrogen and oxygen atoms in total. The van der Waals surface area contributed by atoms with E-state index in [-0.39, 0.29) is 16.5 Å². The molecule has 8 heteroatoms. The Balaban J connectivity index is 1.37. The fourth-order valence-electron chi connectivity index (χ4n) is 4.26. The van der Waals surface area contributed by atoms with E-state index in [2.05, 4.69) is 10.1 Å². The lowest BCUT2D eigenvalue weighted by atomic mass is 9.78. The van der Waals surface area contributed by atoms with Gasteiger partial charge in [0, 0.05) is 38.6 Å². The lowest BCUT2D eigenvalue weighted by Crippen LogP contribution is -2.51. The van der Waals surface area contributed by atoms with Crippen LogP contribution in [0.2, 0.25) is 5.02 Å². The molecule has 0 saturated carbocycles. The monoisotopic (exact) mass is 407 g/mol. The van der Waals surface area contributed by atoms with Crippen molar-refractivity contribution in [1.82, 2.24) is 15.0 Å². The number of rotatable bonds is 3. The highest BCUT2D eigenvalue weighted by Gasteiger charge is 2.41. The molecule has 1 aromatic heterocycles. The molecule has 3 heterocycles. The van der Waals surface area contributed by atoms with E-state index in [9.17, 15) is 9.18 Å². The number of ether oxygens (including phenoxy) is 1. The number of likely N-dealkylation sites (tertiary alicyclic amines) is 1. The van der Waals surface area contributed by atoms with Crippen molar-refractivity contribution in [1.29, 1.82) is 0 Å². The van der Waals surface area contributed by atoms with E-state index in [1.54, 1.807) is 11.8 Å². The predicted molar refractivity (Wildman–Crippen MR) is 101 cm³/mol. The molecular weight excluding hydrogens is 385 g/mol. The van der Waals surface area contributed by atoms with Gasteiger partial charge < -0.3 is 14.2 Å². The third kappa shape index (κ3) is 4.05. The highest BCUT2D eigenvalue weighted by Crippen LogP contribution is 2.39. The number of halogens is 2. The van der Waals surface area contributed by atoms with E-state index in [0.717, 1.165) is 37.9 Å². The second-order valence-corrected chi connectivity index (χ2v) is 8.15. The predicted octanol–water partition coefficient (Wildman–Crippen LogP) is 3.81. The van der Waals surface area contributed by atoms with Crippen molar-refractivity contribution >= 4 is 17.5 Å². The van der Waals surface area contributed by atoms with Crippen molar-refractivity contribution in [3.8, 4) is 0 Å². The highest BCUT2D eigenvalue weighted by molar-refractivity contribution is 6.31. The van der Waals surface area contributed by atoms with E-state index < -0.39 is 5.82 Å². The van der Waals surface area contributed by atoms with E-state index in [0.29, 0.717) is 37.1 Å². The maximum atomic E-state index is 13.3. The first-order valence-electron chi connectivity index (χ1n) is 9.62. The normalized spacial score (nSPS) is 21.8. The second kappa shape index (κ2) is 7.79. The summed E-state index contributed by atoms with van der Waals surface area (Å²) in [7, 11) is 0. The molecular formula is C20H23ClFN3O3. The van der Waals surface area contributed by atoms with Crippen molar-refractivity contribution in [2.24, 2.45) is 5.92 Å². The molecule has 0 aliphatic carbocycles. The van der Waals surface area contributed by atoms with Crippen LogP contribution in [0, 0.1) is 18.7 Å². The maximum absolute atomic E-state index is 13.3. The first-order chi connectivity index (χ1) is 13.4. The van der Waals surface area contributed by atoms with Crippen LogP contribution < -0.4 is 0 Å². The summed E-state index contributed by atoms with van der Waals surface area (Å²) in [4.78, 5) is 18.8. The first kappa shape index (κ1) is 19.3. The largest absolute Gasteiger partial charge is 0.375 e. The molecule has 2 fully saturated rings. The van der Waals surface area contributed by atoms with Crippen molar-refractivity contribution in [2.45, 2.75) is 44.6 Å². The Labute approximate surface area is 168 Å². The van der Waals surface area contributed by atoms with Gasteiger partial charge in [-0.3, -0.25) is 4.79 Å². The molecule has 150 valence electrons. The smallest absolute Gasteiger partial charge is 0.253 e. The minimum Gasteiger partial charge on any atom is -0.375 e. The molecule has 28 heavy (non-hydrogen) atoms. The summed E-state index contributed by atoms with van der Waals surface area (Å²) < 4.78 is 24.6. The SMILES string of the molecule is Cc1nc(CC2CCOC3(CCN(C(=O)c4ccc(F)c(Cl)c4)CC3)C2)no1. The number of carbonyl (C=O) groups is 1. The van der Waals surface area contributed by atoms with E-state index in [4.69, 9.17) is 20.9 Å². The number of piperidine rings is 1. The van der Waals surface area contributed by atoms with Crippen LogP contribution in [-0.2, 0) is 11.2 Å². The van der Waals surface area contributed by atoms with Crippen LogP contribution in [-0.4, -0.2) is 46.2 Å². The molecule has 0 N–H and O–H groups in total. The Kier molecular flexibility index (Phi) is 5.38. The quantitative estimate of drug-likeness (QED) is 0.773. The lowest BCUT2D eigenvalue weighted by Gasteiger charge is -2.46. The fourth-order valence-corrected chi connectivity index (χ4v) is 4.44. The molecule has 2 saturated heterocycles. The molecule has 2 aromatic rings. The Hall–Kier alpha value is -1.99. The molecule has 1 unspecified atom stereocenters. The zero-order valence-electron chi connectivity index (χ0n) is 15.8. The number of aryl methyl sites for hydroxylation is 1. The Morgan fingerprint density at radius 2 is 2.18 bits per heavy atom. The van der Waals surface area contributed by atoms with Crippen LogP contribution in [0.15, 0.2) is 22.7 Å². The summed E-state index contributed by atoms with van der Waals surface area (Å²) in [5, 5.41) is 3.98. The van der Waals surface area contributed by atoms with Gasteiger partial charge in [-0.15, -0.1) is 0 Å². The highest BCUT2D eigenvalue weighted by atomic mass is 35.5. The van der Waals surface area contributed by atoms with Crippen molar-refractivity contribution in [2.75, 3.05) is 19.7 Å². The molecule has 4 rings (SSSR count). The summed E-state index contributed by atoms with van der Waals surface area (Å²) >= 11 is 5.81. The van der Waals surface area contributed by atoms with E-state index in [1.165, 1.54) is 18.2 Å². The van der Waals surface area contributed by atoms with Crippen molar-refractivity contribution < 1.29 is 18.4 Å². The Bertz CT molecular complexity index is 864. The first-order valence-corrected chi connectivity index (χ1v) is 9.99. The summed E-state index contributed by atoms with van der Waals surface area (Å²) in [6.07, 6.45) is 4.28. The third-order valence-electron chi connectivity index (χ3n) is 5.76.